The summed E-state index contributed by atoms with van der Waals surface area (Å²) in [4.78, 5) is 22.6. The molecule has 2 aliphatic heterocycles. The first-order valence-electron chi connectivity index (χ1n) is 10.1. The Morgan fingerprint density at radius 1 is 1.29 bits per heavy atom. The second kappa shape index (κ2) is 9.11. The third-order valence-corrected chi connectivity index (χ3v) is 6.61. The van der Waals surface area contributed by atoms with Gasteiger partial charge in [0.2, 0.25) is 0 Å². The number of aromatic nitrogens is 4. The van der Waals surface area contributed by atoms with Gasteiger partial charge in [-0.15, -0.1) is 16.4 Å². The fourth-order valence-corrected chi connectivity index (χ4v) is 4.77. The van der Waals surface area contributed by atoms with Crippen LogP contribution in [0.2, 0.25) is 0 Å². The topological polar surface area (TPSA) is 76.4 Å². The van der Waals surface area contributed by atoms with Crippen molar-refractivity contribution in [2.24, 2.45) is 0 Å². The first-order valence-corrected chi connectivity index (χ1v) is 11.0. The van der Waals surface area contributed by atoms with Crippen molar-refractivity contribution < 1.29 is 9.53 Å². The van der Waals surface area contributed by atoms with Crippen LogP contribution in [-0.2, 0) is 17.8 Å². The van der Waals surface area contributed by atoms with Gasteiger partial charge in [0.1, 0.15) is 0 Å². The number of hydrogen-bond donors (Lipinski definition) is 0. The zero-order valence-corrected chi connectivity index (χ0v) is 17.2. The zero-order chi connectivity index (χ0) is 19.3. The second-order valence-electron chi connectivity index (χ2n) is 7.54. The van der Waals surface area contributed by atoms with Crippen LogP contribution in [0.25, 0.3) is 0 Å². The third kappa shape index (κ3) is 4.59. The Morgan fingerprint density at radius 2 is 2.14 bits per heavy atom. The minimum atomic E-state index is -0.0467. The molecule has 2 aromatic heterocycles. The molecule has 1 atom stereocenters. The van der Waals surface area contributed by atoms with E-state index in [4.69, 9.17) is 4.74 Å². The minimum absolute atomic E-state index is 0.0467. The van der Waals surface area contributed by atoms with Crippen molar-refractivity contribution in [2.45, 2.75) is 51.7 Å². The first-order chi connectivity index (χ1) is 13.7. The Labute approximate surface area is 169 Å². The highest BCUT2D eigenvalue weighted by Gasteiger charge is 2.24. The number of piperidine rings is 1. The van der Waals surface area contributed by atoms with Crippen molar-refractivity contribution >= 4 is 17.2 Å². The van der Waals surface area contributed by atoms with Gasteiger partial charge in [-0.1, -0.05) is 11.6 Å². The van der Waals surface area contributed by atoms with Crippen LogP contribution in [0.3, 0.4) is 0 Å². The molecule has 9 heteroatoms. The van der Waals surface area contributed by atoms with Gasteiger partial charge in [-0.25, -0.2) is 4.98 Å². The number of carbonyl (C=O) groups excluding carboxylic acids is 1. The van der Waals surface area contributed by atoms with Crippen LogP contribution in [0.5, 0.6) is 0 Å². The Kier molecular flexibility index (Phi) is 6.33. The van der Waals surface area contributed by atoms with E-state index in [1.165, 1.54) is 24.1 Å². The van der Waals surface area contributed by atoms with Crippen LogP contribution in [0.15, 0.2) is 11.7 Å². The SMILES string of the molecule is Cc1ncsc1CN1CCCCC1CCn1cc(C(=O)N2CCOCC2)nn1. The maximum atomic E-state index is 12.5. The van der Waals surface area contributed by atoms with E-state index in [9.17, 15) is 4.79 Å². The molecule has 0 aliphatic carbocycles. The standard InChI is InChI=1S/C19H28N6O2S/c1-15-18(28-14-20-15)13-24-6-3-2-4-16(24)5-7-25-12-17(21-22-25)19(26)23-8-10-27-11-9-23/h12,14,16H,2-11,13H2,1H3. The molecule has 1 amide bonds. The van der Waals surface area contributed by atoms with Crippen molar-refractivity contribution in [3.63, 3.8) is 0 Å². The monoisotopic (exact) mass is 404 g/mol. The summed E-state index contributed by atoms with van der Waals surface area (Å²) in [5.74, 6) is -0.0467. The molecule has 28 heavy (non-hydrogen) atoms. The highest BCUT2D eigenvalue weighted by molar-refractivity contribution is 7.09. The van der Waals surface area contributed by atoms with Gasteiger partial charge in [0.15, 0.2) is 5.69 Å². The highest BCUT2D eigenvalue weighted by atomic mass is 32.1. The molecule has 0 radical (unpaired) electrons. The molecule has 0 spiro atoms. The largest absolute Gasteiger partial charge is 0.378 e. The molecule has 0 N–H and O–H groups in total. The maximum Gasteiger partial charge on any atom is 0.276 e. The maximum absolute atomic E-state index is 12.5. The predicted molar refractivity (Wildman–Crippen MR) is 106 cm³/mol. The van der Waals surface area contributed by atoms with Crippen LogP contribution in [0.1, 0.15) is 46.7 Å². The number of aryl methyl sites for hydroxylation is 2. The Balaban J connectivity index is 1.33. The molecule has 0 saturated carbocycles. The van der Waals surface area contributed by atoms with E-state index < -0.39 is 0 Å². The van der Waals surface area contributed by atoms with Gasteiger partial charge < -0.3 is 9.64 Å². The molecule has 1 unspecified atom stereocenters. The number of amides is 1. The molecule has 2 aromatic rings. The molecule has 8 nitrogen and oxygen atoms in total. The van der Waals surface area contributed by atoms with E-state index in [1.807, 2.05) is 10.2 Å². The summed E-state index contributed by atoms with van der Waals surface area (Å²) in [6, 6.07) is 0.540. The van der Waals surface area contributed by atoms with Gasteiger partial charge in [0.05, 0.1) is 30.6 Å². The normalized spacial score (nSPS) is 21.2. The lowest BCUT2D eigenvalue weighted by molar-refractivity contribution is 0.0299. The summed E-state index contributed by atoms with van der Waals surface area (Å²) in [5, 5.41) is 8.30. The Bertz CT molecular complexity index is 785. The third-order valence-electron chi connectivity index (χ3n) is 5.69. The number of thiazole rings is 1. The van der Waals surface area contributed by atoms with Crippen LogP contribution < -0.4 is 0 Å². The van der Waals surface area contributed by atoms with E-state index in [-0.39, 0.29) is 5.91 Å². The molecule has 2 fully saturated rings. The summed E-state index contributed by atoms with van der Waals surface area (Å²) < 4.78 is 7.13. The fraction of sp³-hybridized carbons (Fsp3) is 0.684. The summed E-state index contributed by atoms with van der Waals surface area (Å²) in [7, 11) is 0. The quantitative estimate of drug-likeness (QED) is 0.733. The number of ether oxygens (including phenoxy) is 1. The molecule has 0 bridgehead atoms. The van der Waals surface area contributed by atoms with Crippen molar-refractivity contribution in [3.8, 4) is 0 Å². The lowest BCUT2D eigenvalue weighted by Gasteiger charge is -2.35. The molecule has 4 heterocycles. The number of hydrogen-bond acceptors (Lipinski definition) is 7. The van der Waals surface area contributed by atoms with Gasteiger partial charge in [-0.3, -0.25) is 14.4 Å². The Morgan fingerprint density at radius 3 is 2.93 bits per heavy atom. The van der Waals surface area contributed by atoms with E-state index in [0.29, 0.717) is 38.0 Å². The van der Waals surface area contributed by atoms with E-state index in [0.717, 1.165) is 31.7 Å². The molecular formula is C19H28N6O2S. The summed E-state index contributed by atoms with van der Waals surface area (Å²) >= 11 is 1.75. The van der Waals surface area contributed by atoms with Gasteiger partial charge in [0.25, 0.3) is 5.91 Å². The summed E-state index contributed by atoms with van der Waals surface area (Å²) in [5.41, 5.74) is 3.52. The van der Waals surface area contributed by atoms with E-state index in [1.54, 1.807) is 22.4 Å². The van der Waals surface area contributed by atoms with Gasteiger partial charge in [-0.2, -0.15) is 0 Å². The van der Waals surface area contributed by atoms with Crippen LogP contribution in [-0.4, -0.2) is 74.6 Å². The van der Waals surface area contributed by atoms with Crippen LogP contribution in [0, 0.1) is 6.92 Å². The van der Waals surface area contributed by atoms with E-state index in [2.05, 4.69) is 27.1 Å². The van der Waals surface area contributed by atoms with Crippen LogP contribution >= 0.6 is 11.3 Å². The first kappa shape index (κ1) is 19.5. The lowest BCUT2D eigenvalue weighted by atomic mass is 9.99. The van der Waals surface area contributed by atoms with E-state index >= 15 is 0 Å². The lowest BCUT2D eigenvalue weighted by Crippen LogP contribution is -2.40. The average molecular weight is 405 g/mol. The fourth-order valence-electron chi connectivity index (χ4n) is 3.97. The molecular weight excluding hydrogens is 376 g/mol. The number of rotatable bonds is 6. The van der Waals surface area contributed by atoms with Crippen molar-refractivity contribution in [1.82, 2.24) is 29.8 Å². The smallest absolute Gasteiger partial charge is 0.276 e. The second-order valence-corrected chi connectivity index (χ2v) is 8.48. The highest BCUT2D eigenvalue weighted by Crippen LogP contribution is 2.24. The van der Waals surface area contributed by atoms with Crippen molar-refractivity contribution in [2.75, 3.05) is 32.8 Å². The summed E-state index contributed by atoms with van der Waals surface area (Å²) in [6.45, 7) is 7.44. The van der Waals surface area contributed by atoms with Gasteiger partial charge in [0, 0.05) is 37.1 Å². The van der Waals surface area contributed by atoms with Crippen molar-refractivity contribution in [3.05, 3.63) is 28.0 Å². The molecule has 2 saturated heterocycles. The summed E-state index contributed by atoms with van der Waals surface area (Å²) in [6.07, 6.45) is 6.56. The average Bonchev–Trinajstić information content (AvgIpc) is 3.37. The number of likely N-dealkylation sites (tertiary alicyclic amines) is 1. The number of nitrogens with zero attached hydrogens (tertiary/aromatic N) is 6. The molecule has 2 aliphatic rings. The number of morpholine rings is 1. The zero-order valence-electron chi connectivity index (χ0n) is 16.4. The van der Waals surface area contributed by atoms with Crippen molar-refractivity contribution in [1.29, 1.82) is 0 Å². The number of carbonyl (C=O) groups is 1. The minimum Gasteiger partial charge on any atom is -0.378 e. The predicted octanol–water partition coefficient (Wildman–Crippen LogP) is 1.96. The Hall–Kier alpha value is -1.84. The molecule has 152 valence electrons. The molecule has 4 rings (SSSR count). The van der Waals surface area contributed by atoms with Gasteiger partial charge in [-0.05, 0) is 32.7 Å². The van der Waals surface area contributed by atoms with Gasteiger partial charge >= 0.3 is 0 Å². The van der Waals surface area contributed by atoms with Crippen LogP contribution in [0.4, 0.5) is 0 Å². The molecule has 0 aromatic carbocycles.